The predicted octanol–water partition coefficient (Wildman–Crippen LogP) is 5.57. The van der Waals surface area contributed by atoms with Gasteiger partial charge in [0.25, 0.3) is 0 Å². The van der Waals surface area contributed by atoms with E-state index in [0.29, 0.717) is 37.8 Å². The highest BCUT2D eigenvalue weighted by molar-refractivity contribution is 6.35. The van der Waals surface area contributed by atoms with Crippen LogP contribution in [0.2, 0.25) is 15.1 Å². The van der Waals surface area contributed by atoms with Crippen molar-refractivity contribution in [2.24, 2.45) is 0 Å². The molecule has 0 bridgehead atoms. The molecule has 0 aliphatic rings. The first kappa shape index (κ1) is 22.0. The number of ether oxygens (including phenoxy) is 3. The maximum atomic E-state index is 12.2. The number of carbonyl (C=O) groups excluding carboxylic acids is 1. The van der Waals surface area contributed by atoms with Crippen molar-refractivity contribution in [2.75, 3.05) is 14.2 Å². The van der Waals surface area contributed by atoms with Crippen molar-refractivity contribution in [3.8, 4) is 11.6 Å². The van der Waals surface area contributed by atoms with Gasteiger partial charge in [-0.3, -0.25) is 0 Å². The number of methoxy groups -OCH3 is 2. The number of halogens is 3. The summed E-state index contributed by atoms with van der Waals surface area (Å²) in [5, 5.41) is 5.79. The van der Waals surface area contributed by atoms with Crippen molar-refractivity contribution in [1.29, 1.82) is 0 Å². The van der Waals surface area contributed by atoms with Crippen molar-refractivity contribution in [3.63, 3.8) is 0 Å². The third-order valence-electron chi connectivity index (χ3n) is 4.14. The lowest BCUT2D eigenvalue weighted by Gasteiger charge is -2.13. The first-order valence-electron chi connectivity index (χ1n) is 8.67. The van der Waals surface area contributed by atoms with E-state index in [4.69, 9.17) is 49.0 Å². The van der Waals surface area contributed by atoms with Crippen molar-refractivity contribution in [1.82, 2.24) is 9.78 Å². The van der Waals surface area contributed by atoms with Gasteiger partial charge < -0.3 is 14.2 Å². The van der Waals surface area contributed by atoms with Gasteiger partial charge in [0.15, 0.2) is 0 Å². The first-order chi connectivity index (χ1) is 14.4. The normalized spacial score (nSPS) is 11.3. The molecule has 30 heavy (non-hydrogen) atoms. The van der Waals surface area contributed by atoms with Crippen LogP contribution in [-0.2, 0) is 20.9 Å². The molecule has 6 nitrogen and oxygen atoms in total. The molecule has 3 aromatic rings. The number of aromatic nitrogens is 2. The highest BCUT2D eigenvalue weighted by atomic mass is 35.5. The average molecular weight is 468 g/mol. The van der Waals surface area contributed by atoms with Crippen LogP contribution in [0, 0.1) is 0 Å². The molecule has 2 aromatic carbocycles. The van der Waals surface area contributed by atoms with Gasteiger partial charge in [-0.1, -0.05) is 46.9 Å². The quantitative estimate of drug-likeness (QED) is 0.258. The second-order valence-corrected chi connectivity index (χ2v) is 7.26. The lowest BCUT2D eigenvalue weighted by Crippen LogP contribution is -2.09. The minimum atomic E-state index is -0.554. The van der Waals surface area contributed by atoms with E-state index in [0.717, 1.165) is 0 Å². The van der Waals surface area contributed by atoms with Crippen LogP contribution < -0.4 is 4.74 Å². The lowest BCUT2D eigenvalue weighted by atomic mass is 10.0. The van der Waals surface area contributed by atoms with Crippen LogP contribution in [0.3, 0.4) is 0 Å². The van der Waals surface area contributed by atoms with Gasteiger partial charge in [0.2, 0.25) is 5.88 Å². The minimum Gasteiger partial charge on any atom is -0.503 e. The summed E-state index contributed by atoms with van der Waals surface area (Å²) < 4.78 is 17.3. The third-order valence-corrected chi connectivity index (χ3v) is 5.03. The molecule has 0 spiro atoms. The van der Waals surface area contributed by atoms with Crippen molar-refractivity contribution >= 4 is 46.3 Å². The zero-order valence-electron chi connectivity index (χ0n) is 16.1. The second kappa shape index (κ2) is 9.89. The molecule has 0 radical (unpaired) electrons. The molecule has 0 aliphatic heterocycles. The Labute approximate surface area is 188 Å². The molecular formula is C21H17Cl3N2O4. The van der Waals surface area contributed by atoms with Gasteiger partial charge >= 0.3 is 5.97 Å². The van der Waals surface area contributed by atoms with Crippen LogP contribution in [0.4, 0.5) is 0 Å². The second-order valence-electron chi connectivity index (χ2n) is 6.01. The van der Waals surface area contributed by atoms with Gasteiger partial charge in [0, 0.05) is 33.4 Å². The van der Waals surface area contributed by atoms with E-state index in [-0.39, 0.29) is 12.2 Å². The topological polar surface area (TPSA) is 62.6 Å². The molecule has 0 saturated carbocycles. The van der Waals surface area contributed by atoms with E-state index >= 15 is 0 Å². The molecule has 1 heterocycles. The third kappa shape index (κ3) is 4.90. The van der Waals surface area contributed by atoms with E-state index in [1.165, 1.54) is 20.5 Å². The smallest absolute Gasteiger partial charge is 0.341 e. The maximum Gasteiger partial charge on any atom is 0.341 e. The van der Waals surface area contributed by atoms with Crippen LogP contribution in [-0.4, -0.2) is 30.0 Å². The summed E-state index contributed by atoms with van der Waals surface area (Å²) in [6.45, 7) is 0.0679. The largest absolute Gasteiger partial charge is 0.503 e. The standard InChI is InChI=1S/C21H17Cl3N2O4/c1-28-11-16(21(27)29-2)14-4-3-5-17(23)15(14)12-30-20-8-9-26(25-20)19-7-6-13(22)10-18(19)24/h3-11H,12H2,1-2H3. The van der Waals surface area contributed by atoms with Gasteiger partial charge in [-0.15, -0.1) is 5.10 Å². The summed E-state index contributed by atoms with van der Waals surface area (Å²) in [5.74, 6) is -0.204. The van der Waals surface area contributed by atoms with E-state index < -0.39 is 5.97 Å². The number of esters is 1. The summed E-state index contributed by atoms with van der Waals surface area (Å²) in [5.41, 5.74) is 2.01. The van der Waals surface area contributed by atoms with Gasteiger partial charge in [-0.2, -0.15) is 0 Å². The molecule has 9 heteroatoms. The highest BCUT2D eigenvalue weighted by Crippen LogP contribution is 2.29. The number of rotatable bonds is 7. The fraction of sp³-hybridized carbons (Fsp3) is 0.143. The van der Waals surface area contributed by atoms with Crippen molar-refractivity contribution < 1.29 is 19.0 Å². The SMILES string of the molecule is COC=C(C(=O)OC)c1cccc(Cl)c1COc1ccn(-c2ccc(Cl)cc2Cl)n1. The van der Waals surface area contributed by atoms with Crippen LogP contribution in [0.25, 0.3) is 11.3 Å². The fourth-order valence-electron chi connectivity index (χ4n) is 2.74. The summed E-state index contributed by atoms with van der Waals surface area (Å²) >= 11 is 18.5. The Kier molecular flexibility index (Phi) is 7.26. The van der Waals surface area contributed by atoms with Gasteiger partial charge in [-0.05, 0) is 24.3 Å². The maximum absolute atomic E-state index is 12.2. The van der Waals surface area contributed by atoms with E-state index in [1.54, 1.807) is 53.3 Å². The van der Waals surface area contributed by atoms with Crippen molar-refractivity contribution in [2.45, 2.75) is 6.61 Å². The molecule has 0 unspecified atom stereocenters. The van der Waals surface area contributed by atoms with Crippen molar-refractivity contribution in [3.05, 3.63) is 81.1 Å². The zero-order valence-corrected chi connectivity index (χ0v) is 18.3. The van der Waals surface area contributed by atoms with E-state index in [1.807, 2.05) is 0 Å². The molecule has 0 amide bonds. The fourth-order valence-corrected chi connectivity index (χ4v) is 3.46. The molecule has 3 rings (SSSR count). The number of hydrogen-bond donors (Lipinski definition) is 0. The zero-order chi connectivity index (χ0) is 21.7. The summed E-state index contributed by atoms with van der Waals surface area (Å²) in [6.07, 6.45) is 3.01. The Bertz CT molecular complexity index is 1100. The Hall–Kier alpha value is -2.67. The molecule has 0 aliphatic carbocycles. The lowest BCUT2D eigenvalue weighted by molar-refractivity contribution is -0.133. The number of nitrogens with zero attached hydrogens (tertiary/aromatic N) is 2. The molecule has 0 N–H and O–H groups in total. The predicted molar refractivity (Wildman–Crippen MR) is 116 cm³/mol. The molecule has 0 saturated heterocycles. The van der Waals surface area contributed by atoms with Gasteiger partial charge in [0.1, 0.15) is 12.2 Å². The molecule has 156 valence electrons. The Morgan fingerprint density at radius 2 is 1.90 bits per heavy atom. The Balaban J connectivity index is 1.86. The Morgan fingerprint density at radius 3 is 2.60 bits per heavy atom. The minimum absolute atomic E-state index is 0.0679. The first-order valence-corrected chi connectivity index (χ1v) is 9.81. The summed E-state index contributed by atoms with van der Waals surface area (Å²) in [7, 11) is 2.74. The Morgan fingerprint density at radius 1 is 1.10 bits per heavy atom. The van der Waals surface area contributed by atoms with Crippen LogP contribution >= 0.6 is 34.8 Å². The number of benzene rings is 2. The molecule has 0 atom stereocenters. The number of hydrogen-bond acceptors (Lipinski definition) is 5. The molecule has 0 fully saturated rings. The summed E-state index contributed by atoms with van der Waals surface area (Å²) in [4.78, 5) is 12.2. The number of carbonyl (C=O) groups is 1. The van der Waals surface area contributed by atoms with E-state index in [2.05, 4.69) is 5.10 Å². The van der Waals surface area contributed by atoms with Crippen LogP contribution in [0.5, 0.6) is 5.88 Å². The summed E-state index contributed by atoms with van der Waals surface area (Å²) in [6, 6.07) is 12.0. The van der Waals surface area contributed by atoms with Gasteiger partial charge in [-0.25, -0.2) is 9.48 Å². The van der Waals surface area contributed by atoms with Crippen LogP contribution in [0.15, 0.2) is 54.9 Å². The van der Waals surface area contributed by atoms with E-state index in [9.17, 15) is 4.79 Å². The van der Waals surface area contributed by atoms with Crippen LogP contribution in [0.1, 0.15) is 11.1 Å². The monoisotopic (exact) mass is 466 g/mol. The van der Waals surface area contributed by atoms with Gasteiger partial charge in [0.05, 0.1) is 31.2 Å². The average Bonchev–Trinajstić information content (AvgIpc) is 3.19. The molecular weight excluding hydrogens is 451 g/mol. The molecule has 1 aromatic heterocycles. The highest BCUT2D eigenvalue weighted by Gasteiger charge is 2.19.